The summed E-state index contributed by atoms with van der Waals surface area (Å²) < 4.78 is 5.54. The van der Waals surface area contributed by atoms with Gasteiger partial charge in [0.25, 0.3) is 0 Å². The second kappa shape index (κ2) is 12.5. The smallest absolute Gasteiger partial charge is 0.240 e. The molecule has 2 rings (SSSR count). The van der Waals surface area contributed by atoms with Crippen LogP contribution in [0.25, 0.3) is 0 Å². The van der Waals surface area contributed by atoms with E-state index in [0.29, 0.717) is 13.2 Å². The molecule has 1 saturated heterocycles. The van der Waals surface area contributed by atoms with Crippen LogP contribution in [-0.4, -0.2) is 49.2 Å². The van der Waals surface area contributed by atoms with Crippen molar-refractivity contribution in [1.29, 1.82) is 0 Å². The van der Waals surface area contributed by atoms with Crippen molar-refractivity contribution < 1.29 is 9.53 Å². The molecular weight excluding hydrogens is 361 g/mol. The van der Waals surface area contributed by atoms with Crippen molar-refractivity contribution >= 4 is 30.7 Å². The number of benzene rings is 1. The Kier molecular flexibility index (Phi) is 12.1. The Morgan fingerprint density at radius 3 is 2.48 bits per heavy atom. The zero-order valence-corrected chi connectivity index (χ0v) is 16.9. The number of morpholine rings is 1. The van der Waals surface area contributed by atoms with E-state index in [1.54, 1.807) is 0 Å². The first-order chi connectivity index (χ1) is 11.2. The van der Waals surface area contributed by atoms with Crippen molar-refractivity contribution in [3.63, 3.8) is 0 Å². The number of carbonyl (C=O) groups is 1. The van der Waals surface area contributed by atoms with Crippen molar-refractivity contribution in [2.24, 2.45) is 0 Å². The Hall–Kier alpha value is -0.850. The van der Waals surface area contributed by atoms with E-state index < -0.39 is 0 Å². The lowest BCUT2D eigenvalue weighted by atomic mass is 10.1. The summed E-state index contributed by atoms with van der Waals surface area (Å²) in [5, 5.41) is 6.27. The molecule has 0 saturated carbocycles. The van der Waals surface area contributed by atoms with Gasteiger partial charge in [0.2, 0.25) is 5.91 Å². The molecule has 0 aromatic heterocycles. The Labute approximate surface area is 163 Å². The van der Waals surface area contributed by atoms with Gasteiger partial charge in [0.05, 0.1) is 12.7 Å². The fraction of sp³-hybridized carbons (Fsp3) is 0.611. The molecule has 7 heteroatoms. The zero-order chi connectivity index (χ0) is 16.7. The number of hydrogen-bond donors (Lipinski definition) is 2. The number of carbonyl (C=O) groups excluding carboxylic acids is 1. The van der Waals surface area contributed by atoms with Crippen LogP contribution in [-0.2, 0) is 22.6 Å². The summed E-state index contributed by atoms with van der Waals surface area (Å²) in [5.41, 5.74) is 2.45. The summed E-state index contributed by atoms with van der Waals surface area (Å²) in [6.07, 6.45) is -0.0883. The SMILES string of the molecule is CCN(CC)Cc1ccccc1CNC(=O)[C@H]1NCCO[C@@H]1C.Cl.Cl. The molecule has 0 spiro atoms. The van der Waals surface area contributed by atoms with Crippen LogP contribution in [0.5, 0.6) is 0 Å². The quantitative estimate of drug-likeness (QED) is 0.748. The van der Waals surface area contributed by atoms with E-state index in [9.17, 15) is 4.79 Å². The molecule has 0 bridgehead atoms. The van der Waals surface area contributed by atoms with Gasteiger partial charge in [-0.25, -0.2) is 0 Å². The minimum atomic E-state index is -0.265. The minimum absolute atomic E-state index is 0. The van der Waals surface area contributed by atoms with E-state index in [0.717, 1.165) is 26.2 Å². The molecule has 2 N–H and O–H groups in total. The van der Waals surface area contributed by atoms with Gasteiger partial charge in [0.1, 0.15) is 6.04 Å². The van der Waals surface area contributed by atoms with Crippen LogP contribution in [0, 0.1) is 0 Å². The zero-order valence-electron chi connectivity index (χ0n) is 15.3. The van der Waals surface area contributed by atoms with Gasteiger partial charge < -0.3 is 15.4 Å². The minimum Gasteiger partial charge on any atom is -0.375 e. The molecule has 1 heterocycles. The molecule has 2 atom stereocenters. The monoisotopic (exact) mass is 391 g/mol. The third-order valence-electron chi connectivity index (χ3n) is 4.46. The van der Waals surface area contributed by atoms with Gasteiger partial charge in [0.15, 0.2) is 0 Å². The fourth-order valence-corrected chi connectivity index (χ4v) is 2.89. The third kappa shape index (κ3) is 7.12. The van der Waals surface area contributed by atoms with Crippen LogP contribution in [0.15, 0.2) is 24.3 Å². The standard InChI is InChI=1S/C18H29N3O2.2ClH/c1-4-21(5-2)13-16-9-7-6-8-15(16)12-20-18(22)17-14(3)23-11-10-19-17;;/h6-9,14,17,19H,4-5,10-13H2,1-3H3,(H,20,22);2*1H/t14-,17+;;/m1../s1. The maximum absolute atomic E-state index is 12.4. The highest BCUT2D eigenvalue weighted by molar-refractivity contribution is 5.85. The highest BCUT2D eigenvalue weighted by Gasteiger charge is 2.28. The first-order valence-corrected chi connectivity index (χ1v) is 8.57. The van der Waals surface area contributed by atoms with E-state index in [2.05, 4.69) is 47.6 Å². The van der Waals surface area contributed by atoms with Crippen LogP contribution >= 0.6 is 24.8 Å². The van der Waals surface area contributed by atoms with E-state index in [4.69, 9.17) is 4.74 Å². The normalized spacial score (nSPS) is 19.7. The number of nitrogens with one attached hydrogen (secondary N) is 2. The second-order valence-corrected chi connectivity index (χ2v) is 5.96. The number of amides is 1. The molecule has 0 unspecified atom stereocenters. The number of halogens is 2. The van der Waals surface area contributed by atoms with Gasteiger partial charge in [-0.2, -0.15) is 0 Å². The number of ether oxygens (including phenoxy) is 1. The molecule has 1 aliphatic heterocycles. The topological polar surface area (TPSA) is 53.6 Å². The van der Waals surface area contributed by atoms with Crippen LogP contribution in [0.3, 0.4) is 0 Å². The first kappa shape index (κ1) is 24.1. The van der Waals surface area contributed by atoms with E-state index in [-0.39, 0.29) is 42.9 Å². The van der Waals surface area contributed by atoms with E-state index >= 15 is 0 Å². The van der Waals surface area contributed by atoms with Crippen molar-refractivity contribution in [3.8, 4) is 0 Å². The summed E-state index contributed by atoms with van der Waals surface area (Å²) in [4.78, 5) is 14.7. The molecule has 1 fully saturated rings. The summed E-state index contributed by atoms with van der Waals surface area (Å²) in [5.74, 6) is 0.00911. The lowest BCUT2D eigenvalue weighted by Gasteiger charge is -2.29. The van der Waals surface area contributed by atoms with Gasteiger partial charge in [-0.1, -0.05) is 38.1 Å². The highest BCUT2D eigenvalue weighted by atomic mass is 35.5. The van der Waals surface area contributed by atoms with Crippen molar-refractivity contribution in [3.05, 3.63) is 35.4 Å². The van der Waals surface area contributed by atoms with Gasteiger partial charge in [-0.15, -0.1) is 24.8 Å². The van der Waals surface area contributed by atoms with Gasteiger partial charge in [-0.3, -0.25) is 9.69 Å². The molecule has 1 aromatic carbocycles. The number of rotatable bonds is 7. The second-order valence-electron chi connectivity index (χ2n) is 5.96. The van der Waals surface area contributed by atoms with Gasteiger partial charge in [0, 0.05) is 19.6 Å². The third-order valence-corrected chi connectivity index (χ3v) is 4.46. The average Bonchev–Trinajstić information content (AvgIpc) is 2.58. The summed E-state index contributed by atoms with van der Waals surface area (Å²) in [7, 11) is 0. The summed E-state index contributed by atoms with van der Waals surface area (Å²) in [6, 6.07) is 8.05. The molecule has 0 radical (unpaired) electrons. The lowest BCUT2D eigenvalue weighted by molar-refractivity contribution is -0.129. The van der Waals surface area contributed by atoms with Crippen LogP contribution in [0.4, 0.5) is 0 Å². The van der Waals surface area contributed by atoms with Crippen LogP contribution in [0.1, 0.15) is 31.9 Å². The molecule has 1 amide bonds. The van der Waals surface area contributed by atoms with E-state index in [1.807, 2.05) is 13.0 Å². The largest absolute Gasteiger partial charge is 0.375 e. The predicted molar refractivity (Wildman–Crippen MR) is 107 cm³/mol. The molecule has 1 aromatic rings. The maximum Gasteiger partial charge on any atom is 0.240 e. The predicted octanol–water partition coefficient (Wildman–Crippen LogP) is 2.37. The summed E-state index contributed by atoms with van der Waals surface area (Å²) >= 11 is 0. The van der Waals surface area contributed by atoms with E-state index in [1.165, 1.54) is 11.1 Å². The van der Waals surface area contributed by atoms with Crippen LogP contribution in [0.2, 0.25) is 0 Å². The van der Waals surface area contributed by atoms with Crippen LogP contribution < -0.4 is 10.6 Å². The van der Waals surface area contributed by atoms with Gasteiger partial charge >= 0.3 is 0 Å². The Morgan fingerprint density at radius 1 is 1.24 bits per heavy atom. The van der Waals surface area contributed by atoms with Crippen molar-refractivity contribution in [1.82, 2.24) is 15.5 Å². The maximum atomic E-state index is 12.4. The Morgan fingerprint density at radius 2 is 1.88 bits per heavy atom. The molecule has 0 aliphatic carbocycles. The summed E-state index contributed by atoms with van der Waals surface area (Å²) in [6.45, 7) is 11.2. The molecule has 144 valence electrons. The number of nitrogens with zero attached hydrogens (tertiary/aromatic N) is 1. The molecule has 25 heavy (non-hydrogen) atoms. The lowest BCUT2D eigenvalue weighted by Crippen LogP contribution is -2.55. The molecular formula is C18H31Cl2N3O2. The van der Waals surface area contributed by atoms with Crippen molar-refractivity contribution in [2.75, 3.05) is 26.2 Å². The average molecular weight is 392 g/mol. The molecule has 5 nitrogen and oxygen atoms in total. The Bertz CT molecular complexity index is 513. The van der Waals surface area contributed by atoms with Gasteiger partial charge in [-0.05, 0) is 31.1 Å². The van der Waals surface area contributed by atoms with Crippen molar-refractivity contribution in [2.45, 2.75) is 46.0 Å². The molecule has 1 aliphatic rings. The highest BCUT2D eigenvalue weighted by Crippen LogP contribution is 2.12. The first-order valence-electron chi connectivity index (χ1n) is 8.57. The fourth-order valence-electron chi connectivity index (χ4n) is 2.89. The number of hydrogen-bond acceptors (Lipinski definition) is 4. The Balaban J connectivity index is 0.00000288.